The van der Waals surface area contributed by atoms with Gasteiger partial charge in [0, 0.05) is 19.2 Å². The number of urea groups is 1. The smallest absolute Gasteiger partial charge is 0.321 e. The minimum absolute atomic E-state index is 0.170. The zero-order valence-corrected chi connectivity index (χ0v) is 13.8. The number of oxime groups is 1. The minimum Gasteiger partial charge on any atom is -0.390 e. The highest BCUT2D eigenvalue weighted by Gasteiger charge is 2.25. The summed E-state index contributed by atoms with van der Waals surface area (Å²) >= 11 is 0. The summed E-state index contributed by atoms with van der Waals surface area (Å²) in [6.45, 7) is 0.420. The predicted molar refractivity (Wildman–Crippen MR) is 95.3 cm³/mol. The topological polar surface area (TPSA) is 77.7 Å². The molecule has 0 bridgehead atoms. The maximum atomic E-state index is 12.3. The quantitative estimate of drug-likeness (QED) is 0.932. The first-order chi connectivity index (χ1) is 12.2. The molecule has 126 valence electrons. The normalized spacial score (nSPS) is 15.7. The Morgan fingerprint density at radius 2 is 2.12 bits per heavy atom. The Morgan fingerprint density at radius 1 is 1.32 bits per heavy atom. The largest absolute Gasteiger partial charge is 0.390 e. The lowest BCUT2D eigenvalue weighted by molar-refractivity contribution is 0.0672. The van der Waals surface area contributed by atoms with Gasteiger partial charge in [-0.15, -0.1) is 0 Å². The lowest BCUT2D eigenvalue weighted by Gasteiger charge is -2.20. The Labute approximate surface area is 146 Å². The van der Waals surface area contributed by atoms with E-state index in [1.165, 1.54) is 0 Å². The summed E-state index contributed by atoms with van der Waals surface area (Å²) in [7, 11) is 1.70. The summed E-state index contributed by atoms with van der Waals surface area (Å²) in [6.07, 6.45) is 0.488. The van der Waals surface area contributed by atoms with Crippen LogP contribution in [0.1, 0.15) is 17.5 Å². The van der Waals surface area contributed by atoms with Crippen LogP contribution < -0.4 is 5.32 Å². The molecule has 0 saturated carbocycles. The number of benzene rings is 2. The lowest BCUT2D eigenvalue weighted by atomic mass is 10.1. The van der Waals surface area contributed by atoms with E-state index in [2.05, 4.69) is 10.5 Å². The number of amides is 2. The monoisotopic (exact) mass is 334 g/mol. The number of nitriles is 1. The van der Waals surface area contributed by atoms with E-state index in [0.717, 1.165) is 11.3 Å². The summed E-state index contributed by atoms with van der Waals surface area (Å²) in [5, 5.41) is 15.8. The van der Waals surface area contributed by atoms with Crippen molar-refractivity contribution in [3.8, 4) is 6.07 Å². The third kappa shape index (κ3) is 4.15. The number of hydrogen-bond acceptors (Lipinski definition) is 4. The molecule has 0 spiro atoms. The summed E-state index contributed by atoms with van der Waals surface area (Å²) in [5.74, 6) is 0. The van der Waals surface area contributed by atoms with Gasteiger partial charge in [0.2, 0.25) is 0 Å². The number of carbonyl (C=O) groups excluding carboxylic acids is 1. The van der Waals surface area contributed by atoms with E-state index in [0.29, 0.717) is 24.2 Å². The average molecular weight is 334 g/mol. The van der Waals surface area contributed by atoms with Gasteiger partial charge in [0.05, 0.1) is 23.9 Å². The van der Waals surface area contributed by atoms with E-state index in [1.54, 1.807) is 36.2 Å². The molecule has 2 aromatic rings. The molecule has 1 aliphatic rings. The van der Waals surface area contributed by atoms with Gasteiger partial charge in [0.1, 0.15) is 0 Å². The van der Waals surface area contributed by atoms with Gasteiger partial charge in [-0.1, -0.05) is 41.6 Å². The van der Waals surface area contributed by atoms with Crippen molar-refractivity contribution >= 4 is 17.4 Å². The molecule has 6 heteroatoms. The molecule has 2 aromatic carbocycles. The van der Waals surface area contributed by atoms with Crippen LogP contribution in [-0.4, -0.2) is 36.3 Å². The fourth-order valence-electron chi connectivity index (χ4n) is 2.60. The van der Waals surface area contributed by atoms with Crippen molar-refractivity contribution in [1.29, 1.82) is 5.26 Å². The van der Waals surface area contributed by atoms with Gasteiger partial charge < -0.3 is 15.1 Å². The highest BCUT2D eigenvalue weighted by atomic mass is 16.6. The van der Waals surface area contributed by atoms with Crippen molar-refractivity contribution in [3.05, 3.63) is 65.7 Å². The standard InChI is InChI=1S/C19H18N4O2/c1-23(19(24)21-16-9-5-6-14(10-16)12-20)13-17-11-18(22-25-17)15-7-3-2-4-8-15/h2-10,17H,11,13H2,1H3,(H,21,24). The molecule has 25 heavy (non-hydrogen) atoms. The lowest BCUT2D eigenvalue weighted by Crippen LogP contribution is -2.37. The molecule has 0 saturated heterocycles. The highest BCUT2D eigenvalue weighted by molar-refractivity contribution is 6.01. The van der Waals surface area contributed by atoms with Crippen LogP contribution in [0.2, 0.25) is 0 Å². The van der Waals surface area contributed by atoms with E-state index in [1.807, 2.05) is 36.4 Å². The van der Waals surface area contributed by atoms with Crippen LogP contribution in [-0.2, 0) is 4.84 Å². The number of nitrogens with zero attached hydrogens (tertiary/aromatic N) is 3. The van der Waals surface area contributed by atoms with Crippen LogP contribution >= 0.6 is 0 Å². The maximum Gasteiger partial charge on any atom is 0.321 e. The van der Waals surface area contributed by atoms with Crippen molar-refractivity contribution in [2.24, 2.45) is 5.16 Å². The summed E-state index contributed by atoms with van der Waals surface area (Å²) in [4.78, 5) is 19.3. The molecule has 0 radical (unpaired) electrons. The van der Waals surface area contributed by atoms with Gasteiger partial charge in [-0.25, -0.2) is 4.79 Å². The molecule has 3 rings (SSSR count). The predicted octanol–water partition coefficient (Wildman–Crippen LogP) is 3.22. The number of rotatable bonds is 4. The van der Waals surface area contributed by atoms with E-state index < -0.39 is 0 Å². The maximum absolute atomic E-state index is 12.3. The Morgan fingerprint density at radius 3 is 2.88 bits per heavy atom. The molecule has 1 N–H and O–H groups in total. The fraction of sp³-hybridized carbons (Fsp3) is 0.211. The van der Waals surface area contributed by atoms with Crippen molar-refractivity contribution in [2.75, 3.05) is 18.9 Å². The van der Waals surface area contributed by atoms with Gasteiger partial charge in [-0.3, -0.25) is 0 Å². The summed E-state index contributed by atoms with van der Waals surface area (Å²) < 4.78 is 0. The number of nitrogens with one attached hydrogen (secondary N) is 1. The number of anilines is 1. The zero-order chi connectivity index (χ0) is 17.6. The van der Waals surface area contributed by atoms with E-state index >= 15 is 0 Å². The third-order valence-electron chi connectivity index (χ3n) is 3.91. The van der Waals surface area contributed by atoms with Gasteiger partial charge in [0.15, 0.2) is 6.10 Å². The Kier molecular flexibility index (Phi) is 4.95. The molecule has 2 amide bonds. The number of carbonyl (C=O) groups is 1. The Balaban J connectivity index is 1.53. The van der Waals surface area contributed by atoms with Crippen LogP contribution in [0.3, 0.4) is 0 Å². The van der Waals surface area contributed by atoms with Gasteiger partial charge in [0.25, 0.3) is 0 Å². The van der Waals surface area contributed by atoms with E-state index in [9.17, 15) is 4.79 Å². The molecule has 0 aliphatic carbocycles. The fourth-order valence-corrected chi connectivity index (χ4v) is 2.60. The van der Waals surface area contributed by atoms with E-state index in [4.69, 9.17) is 10.1 Å². The molecular formula is C19H18N4O2. The molecule has 0 aromatic heterocycles. The third-order valence-corrected chi connectivity index (χ3v) is 3.91. The van der Waals surface area contributed by atoms with Crippen molar-refractivity contribution in [2.45, 2.75) is 12.5 Å². The summed E-state index contributed by atoms with van der Waals surface area (Å²) in [5.41, 5.74) is 3.01. The number of hydrogen-bond donors (Lipinski definition) is 1. The molecular weight excluding hydrogens is 316 g/mol. The first-order valence-corrected chi connectivity index (χ1v) is 7.96. The molecule has 1 aliphatic heterocycles. The van der Waals surface area contributed by atoms with Crippen LogP contribution in [0.15, 0.2) is 59.8 Å². The second-order valence-electron chi connectivity index (χ2n) is 5.84. The molecule has 1 heterocycles. The minimum atomic E-state index is -0.258. The molecule has 6 nitrogen and oxygen atoms in total. The van der Waals surface area contributed by atoms with Crippen LogP contribution in [0.25, 0.3) is 0 Å². The van der Waals surface area contributed by atoms with Crippen LogP contribution in [0.4, 0.5) is 10.5 Å². The highest BCUT2D eigenvalue weighted by Crippen LogP contribution is 2.18. The first-order valence-electron chi connectivity index (χ1n) is 7.96. The second-order valence-corrected chi connectivity index (χ2v) is 5.84. The Hall–Kier alpha value is -3.33. The zero-order valence-electron chi connectivity index (χ0n) is 13.8. The molecule has 1 atom stereocenters. The summed E-state index contributed by atoms with van der Waals surface area (Å²) in [6, 6.07) is 18.4. The van der Waals surface area contributed by atoms with Gasteiger partial charge in [-0.05, 0) is 23.8 Å². The number of likely N-dealkylation sites (N-methyl/N-ethyl adjacent to an activating group) is 1. The van der Waals surface area contributed by atoms with Crippen molar-refractivity contribution in [1.82, 2.24) is 4.90 Å². The first kappa shape index (κ1) is 16.5. The van der Waals surface area contributed by atoms with Crippen molar-refractivity contribution in [3.63, 3.8) is 0 Å². The second kappa shape index (κ2) is 7.49. The average Bonchev–Trinajstić information content (AvgIpc) is 3.11. The van der Waals surface area contributed by atoms with Gasteiger partial charge in [-0.2, -0.15) is 5.26 Å². The van der Waals surface area contributed by atoms with Crippen LogP contribution in [0.5, 0.6) is 0 Å². The van der Waals surface area contributed by atoms with Crippen LogP contribution in [0, 0.1) is 11.3 Å². The van der Waals surface area contributed by atoms with Crippen molar-refractivity contribution < 1.29 is 9.63 Å². The van der Waals surface area contributed by atoms with E-state index in [-0.39, 0.29) is 12.1 Å². The van der Waals surface area contributed by atoms with Gasteiger partial charge >= 0.3 is 6.03 Å². The molecule has 1 unspecified atom stereocenters. The molecule has 0 fully saturated rings. The Bertz CT molecular complexity index is 827. The SMILES string of the molecule is CN(CC1CC(c2ccccc2)=NO1)C(=O)Nc1cccc(C#N)c1.